The number of hydrogen-bond donors (Lipinski definition) is 2. The highest BCUT2D eigenvalue weighted by Gasteiger charge is 2.29. The van der Waals surface area contributed by atoms with Crippen LogP contribution in [0.3, 0.4) is 0 Å². The topological polar surface area (TPSA) is 55.8 Å². The Hall–Kier alpha value is -0.650. The van der Waals surface area contributed by atoms with Crippen molar-refractivity contribution >= 4 is 5.91 Å². The smallest absolute Gasteiger partial charge is 0.237 e. The van der Waals surface area contributed by atoms with Crippen molar-refractivity contribution in [1.29, 1.82) is 0 Å². The van der Waals surface area contributed by atoms with Crippen molar-refractivity contribution in [2.75, 3.05) is 32.8 Å². The Morgan fingerprint density at radius 1 is 1.13 bits per heavy atom. The third kappa shape index (κ3) is 5.16. The summed E-state index contributed by atoms with van der Waals surface area (Å²) in [5, 5.41) is 12.7. The second kappa shape index (κ2) is 9.00. The van der Waals surface area contributed by atoms with Crippen LogP contribution >= 0.6 is 0 Å². The Balaban J connectivity index is 1.75. The van der Waals surface area contributed by atoms with E-state index in [1.165, 1.54) is 12.8 Å². The molecule has 5 nitrogen and oxygen atoms in total. The van der Waals surface area contributed by atoms with Crippen molar-refractivity contribution in [2.45, 2.75) is 71.0 Å². The average Bonchev–Trinajstić information content (AvgIpc) is 2.58. The van der Waals surface area contributed by atoms with Gasteiger partial charge in [-0.05, 0) is 44.9 Å². The summed E-state index contributed by atoms with van der Waals surface area (Å²) in [6.07, 6.45) is 5.70. The average molecular weight is 325 g/mol. The summed E-state index contributed by atoms with van der Waals surface area (Å²) in [6, 6.07) is 0.595. The monoisotopic (exact) mass is 325 g/mol. The van der Waals surface area contributed by atoms with Gasteiger partial charge in [0.1, 0.15) is 0 Å². The molecule has 2 aliphatic rings. The predicted molar refractivity (Wildman–Crippen MR) is 93.3 cm³/mol. The molecule has 0 aromatic rings. The molecular formula is C18H35N3O2. The number of amides is 1. The van der Waals surface area contributed by atoms with Crippen LogP contribution in [0.4, 0.5) is 0 Å². The Labute approximate surface area is 141 Å². The van der Waals surface area contributed by atoms with Gasteiger partial charge in [-0.25, -0.2) is 0 Å². The first-order chi connectivity index (χ1) is 11.0. The minimum atomic E-state index is -0.0503. The molecule has 0 spiro atoms. The molecule has 2 atom stereocenters. The number of aliphatic hydroxyl groups excluding tert-OH is 1. The lowest BCUT2D eigenvalue weighted by Crippen LogP contribution is -2.57. The van der Waals surface area contributed by atoms with Crippen LogP contribution in [0.1, 0.15) is 52.9 Å². The highest BCUT2D eigenvalue weighted by atomic mass is 16.3. The molecule has 1 aliphatic heterocycles. The minimum Gasteiger partial charge on any atom is -0.395 e. The first kappa shape index (κ1) is 18.7. The van der Waals surface area contributed by atoms with Crippen LogP contribution < -0.4 is 5.32 Å². The molecule has 0 aromatic carbocycles. The molecule has 2 fully saturated rings. The molecule has 2 unspecified atom stereocenters. The third-order valence-electron chi connectivity index (χ3n) is 5.84. The Morgan fingerprint density at radius 3 is 2.22 bits per heavy atom. The van der Waals surface area contributed by atoms with Crippen molar-refractivity contribution < 1.29 is 9.90 Å². The van der Waals surface area contributed by atoms with Gasteiger partial charge in [-0.3, -0.25) is 14.6 Å². The lowest BCUT2D eigenvalue weighted by Gasteiger charge is -2.40. The van der Waals surface area contributed by atoms with Gasteiger partial charge in [0, 0.05) is 38.3 Å². The Bertz CT molecular complexity index is 357. The van der Waals surface area contributed by atoms with Crippen molar-refractivity contribution in [3.05, 3.63) is 0 Å². The summed E-state index contributed by atoms with van der Waals surface area (Å²) >= 11 is 0. The van der Waals surface area contributed by atoms with Gasteiger partial charge in [0.15, 0.2) is 0 Å². The molecule has 0 aromatic heterocycles. The summed E-state index contributed by atoms with van der Waals surface area (Å²) in [6.45, 7) is 10.4. The SMILES string of the molecule is CCC(CO)N1CCN(C(C)C(=O)NC2CCC(C)CC2)CC1. The summed E-state index contributed by atoms with van der Waals surface area (Å²) in [5.74, 6) is 0.999. The molecule has 1 heterocycles. The van der Waals surface area contributed by atoms with E-state index in [2.05, 4.69) is 29.0 Å². The fraction of sp³-hybridized carbons (Fsp3) is 0.944. The van der Waals surface area contributed by atoms with E-state index in [1.807, 2.05) is 6.92 Å². The molecule has 2 N–H and O–H groups in total. The number of carbonyl (C=O) groups is 1. The summed E-state index contributed by atoms with van der Waals surface area (Å²) in [5.41, 5.74) is 0. The number of piperazine rings is 1. The standard InChI is InChI=1S/C18H35N3O2/c1-4-17(13-22)21-11-9-20(10-12-21)15(3)18(23)19-16-7-5-14(2)6-8-16/h14-17,22H,4-13H2,1-3H3,(H,19,23). The van der Waals surface area contributed by atoms with Crippen molar-refractivity contribution in [3.63, 3.8) is 0 Å². The van der Waals surface area contributed by atoms with Crippen LogP contribution in [0.25, 0.3) is 0 Å². The van der Waals surface area contributed by atoms with Gasteiger partial charge in [-0.2, -0.15) is 0 Å². The summed E-state index contributed by atoms with van der Waals surface area (Å²) < 4.78 is 0. The van der Waals surface area contributed by atoms with E-state index < -0.39 is 0 Å². The van der Waals surface area contributed by atoms with Crippen molar-refractivity contribution in [2.24, 2.45) is 5.92 Å². The van der Waals surface area contributed by atoms with Gasteiger partial charge < -0.3 is 10.4 Å². The van der Waals surface area contributed by atoms with Gasteiger partial charge in [-0.1, -0.05) is 13.8 Å². The van der Waals surface area contributed by atoms with Crippen LogP contribution in [0, 0.1) is 5.92 Å². The molecule has 1 aliphatic carbocycles. The number of hydrogen-bond acceptors (Lipinski definition) is 4. The zero-order valence-corrected chi connectivity index (χ0v) is 15.1. The number of rotatable bonds is 6. The molecule has 2 rings (SSSR count). The molecule has 23 heavy (non-hydrogen) atoms. The van der Waals surface area contributed by atoms with Gasteiger partial charge >= 0.3 is 0 Å². The molecule has 5 heteroatoms. The van der Waals surface area contributed by atoms with Gasteiger partial charge in [0.2, 0.25) is 5.91 Å². The fourth-order valence-corrected chi connectivity index (χ4v) is 3.88. The Morgan fingerprint density at radius 2 is 1.70 bits per heavy atom. The lowest BCUT2D eigenvalue weighted by molar-refractivity contribution is -0.127. The first-order valence-electron chi connectivity index (χ1n) is 9.44. The zero-order chi connectivity index (χ0) is 16.8. The van der Waals surface area contributed by atoms with E-state index in [0.29, 0.717) is 6.04 Å². The van der Waals surface area contributed by atoms with E-state index >= 15 is 0 Å². The maximum Gasteiger partial charge on any atom is 0.237 e. The van der Waals surface area contributed by atoms with Crippen LogP contribution in [0.15, 0.2) is 0 Å². The lowest BCUT2D eigenvalue weighted by atomic mass is 9.87. The molecule has 134 valence electrons. The normalized spacial score (nSPS) is 29.9. The summed E-state index contributed by atoms with van der Waals surface area (Å²) in [4.78, 5) is 17.1. The molecule has 0 radical (unpaired) electrons. The van der Waals surface area contributed by atoms with E-state index in [4.69, 9.17) is 0 Å². The van der Waals surface area contributed by atoms with Crippen molar-refractivity contribution in [3.8, 4) is 0 Å². The molecule has 1 saturated carbocycles. The maximum absolute atomic E-state index is 12.5. The highest BCUT2D eigenvalue weighted by Crippen LogP contribution is 2.23. The summed E-state index contributed by atoms with van der Waals surface area (Å²) in [7, 11) is 0. The van der Waals surface area contributed by atoms with E-state index in [1.54, 1.807) is 0 Å². The highest BCUT2D eigenvalue weighted by molar-refractivity contribution is 5.81. The van der Waals surface area contributed by atoms with Gasteiger partial charge in [-0.15, -0.1) is 0 Å². The van der Waals surface area contributed by atoms with E-state index in [-0.39, 0.29) is 24.6 Å². The second-order valence-corrected chi connectivity index (χ2v) is 7.46. The van der Waals surface area contributed by atoms with Crippen LogP contribution in [0.5, 0.6) is 0 Å². The molecule has 1 saturated heterocycles. The first-order valence-corrected chi connectivity index (χ1v) is 9.44. The third-order valence-corrected chi connectivity index (χ3v) is 5.84. The quantitative estimate of drug-likeness (QED) is 0.776. The zero-order valence-electron chi connectivity index (χ0n) is 15.1. The molecular weight excluding hydrogens is 290 g/mol. The van der Waals surface area contributed by atoms with Crippen LogP contribution in [-0.4, -0.2) is 71.7 Å². The molecule has 1 amide bonds. The number of aliphatic hydroxyl groups is 1. The van der Waals surface area contributed by atoms with Gasteiger partial charge in [0.25, 0.3) is 0 Å². The maximum atomic E-state index is 12.5. The van der Waals surface area contributed by atoms with E-state index in [0.717, 1.165) is 51.4 Å². The van der Waals surface area contributed by atoms with E-state index in [9.17, 15) is 9.90 Å². The fourth-order valence-electron chi connectivity index (χ4n) is 3.88. The second-order valence-electron chi connectivity index (χ2n) is 7.46. The van der Waals surface area contributed by atoms with Crippen LogP contribution in [0.2, 0.25) is 0 Å². The Kier molecular flexibility index (Phi) is 7.31. The van der Waals surface area contributed by atoms with Crippen LogP contribution in [-0.2, 0) is 4.79 Å². The van der Waals surface area contributed by atoms with Gasteiger partial charge in [0.05, 0.1) is 12.6 Å². The largest absolute Gasteiger partial charge is 0.395 e. The molecule has 0 bridgehead atoms. The minimum absolute atomic E-state index is 0.0503. The number of carbonyl (C=O) groups excluding carboxylic acids is 1. The number of nitrogens with zero attached hydrogens (tertiary/aromatic N) is 2. The predicted octanol–water partition coefficient (Wildman–Crippen LogP) is 1.46. The number of nitrogens with one attached hydrogen (secondary N) is 1. The van der Waals surface area contributed by atoms with Crippen molar-refractivity contribution in [1.82, 2.24) is 15.1 Å².